The molecule has 4 nitrogen and oxygen atoms in total. The molecular formula is C14H20N4S. The van der Waals surface area contributed by atoms with Crippen molar-refractivity contribution in [3.8, 4) is 0 Å². The quantitative estimate of drug-likeness (QED) is 0.880. The molecule has 0 saturated heterocycles. The van der Waals surface area contributed by atoms with Gasteiger partial charge >= 0.3 is 0 Å². The van der Waals surface area contributed by atoms with Crippen LogP contribution in [0.3, 0.4) is 0 Å². The number of anilines is 1. The molecule has 2 heterocycles. The minimum atomic E-state index is 0.791. The maximum atomic E-state index is 4.65. The summed E-state index contributed by atoms with van der Waals surface area (Å²) >= 11 is 1.67. The molecule has 0 spiro atoms. The van der Waals surface area contributed by atoms with Crippen molar-refractivity contribution in [3.05, 3.63) is 33.7 Å². The molecule has 0 aromatic carbocycles. The van der Waals surface area contributed by atoms with Gasteiger partial charge in [0.05, 0.1) is 10.7 Å². The van der Waals surface area contributed by atoms with Gasteiger partial charge in [-0.3, -0.25) is 0 Å². The molecule has 0 saturated carbocycles. The Morgan fingerprint density at radius 2 is 2.11 bits per heavy atom. The summed E-state index contributed by atoms with van der Waals surface area (Å²) < 4.78 is 0. The Morgan fingerprint density at radius 3 is 2.74 bits per heavy atom. The van der Waals surface area contributed by atoms with Crippen LogP contribution in [0.1, 0.15) is 42.4 Å². The molecule has 2 rings (SSSR count). The maximum Gasteiger partial charge on any atom is 0.132 e. The van der Waals surface area contributed by atoms with Crippen molar-refractivity contribution in [1.29, 1.82) is 0 Å². The van der Waals surface area contributed by atoms with Crippen LogP contribution in [0.5, 0.6) is 0 Å². The van der Waals surface area contributed by atoms with E-state index in [1.54, 1.807) is 11.3 Å². The third-order valence-electron chi connectivity index (χ3n) is 2.95. The van der Waals surface area contributed by atoms with Crippen molar-refractivity contribution in [3.63, 3.8) is 0 Å². The van der Waals surface area contributed by atoms with Crippen LogP contribution >= 0.6 is 11.3 Å². The summed E-state index contributed by atoms with van der Waals surface area (Å²) in [6.45, 7) is 7.26. The average Bonchev–Trinajstić information content (AvgIpc) is 2.92. The van der Waals surface area contributed by atoms with Gasteiger partial charge in [-0.25, -0.2) is 15.0 Å². The van der Waals surface area contributed by atoms with Gasteiger partial charge in [-0.1, -0.05) is 13.8 Å². The maximum absolute atomic E-state index is 4.65. The number of hydrogen-bond acceptors (Lipinski definition) is 5. The van der Waals surface area contributed by atoms with E-state index in [2.05, 4.69) is 41.0 Å². The van der Waals surface area contributed by atoms with Crippen LogP contribution in [0.4, 0.5) is 5.82 Å². The largest absolute Gasteiger partial charge is 0.370 e. The van der Waals surface area contributed by atoms with Gasteiger partial charge in [0.1, 0.15) is 11.6 Å². The van der Waals surface area contributed by atoms with E-state index in [0.29, 0.717) is 0 Å². The summed E-state index contributed by atoms with van der Waals surface area (Å²) in [6, 6.07) is 0. The monoisotopic (exact) mass is 276 g/mol. The highest BCUT2D eigenvalue weighted by Crippen LogP contribution is 2.19. The molecule has 2 aromatic heterocycles. The standard InChI is InChI=1S/C14H20N4S/c1-4-6-16-14-10(3)11(17-12(5-2)18-14)9-13-15-7-8-19-13/h7-8H,4-6,9H2,1-3H3,(H,16,17,18). The molecule has 0 amide bonds. The van der Waals surface area contributed by atoms with Crippen LogP contribution in [0, 0.1) is 6.92 Å². The third-order valence-corrected chi connectivity index (χ3v) is 3.73. The van der Waals surface area contributed by atoms with Crippen molar-refractivity contribution in [1.82, 2.24) is 15.0 Å². The van der Waals surface area contributed by atoms with E-state index < -0.39 is 0 Å². The summed E-state index contributed by atoms with van der Waals surface area (Å²) in [5, 5.41) is 6.49. The van der Waals surface area contributed by atoms with Gasteiger partial charge in [-0.15, -0.1) is 11.3 Å². The SMILES string of the molecule is CCCNc1nc(CC)nc(Cc2nccs2)c1C. The molecule has 5 heteroatoms. The first-order valence-electron chi connectivity index (χ1n) is 6.73. The second-order valence-electron chi connectivity index (χ2n) is 4.44. The van der Waals surface area contributed by atoms with E-state index in [-0.39, 0.29) is 0 Å². The van der Waals surface area contributed by atoms with Crippen molar-refractivity contribution in [2.75, 3.05) is 11.9 Å². The minimum absolute atomic E-state index is 0.791. The number of aromatic nitrogens is 3. The van der Waals surface area contributed by atoms with Crippen molar-refractivity contribution in [2.24, 2.45) is 0 Å². The van der Waals surface area contributed by atoms with E-state index in [1.165, 1.54) is 0 Å². The van der Waals surface area contributed by atoms with Gasteiger partial charge in [0.25, 0.3) is 0 Å². The molecule has 0 unspecified atom stereocenters. The number of nitrogens with zero attached hydrogens (tertiary/aromatic N) is 3. The number of thiazole rings is 1. The highest BCUT2D eigenvalue weighted by molar-refractivity contribution is 7.09. The van der Waals surface area contributed by atoms with E-state index >= 15 is 0 Å². The van der Waals surface area contributed by atoms with E-state index in [0.717, 1.165) is 53.7 Å². The smallest absolute Gasteiger partial charge is 0.132 e. The summed E-state index contributed by atoms with van der Waals surface area (Å²) in [5.41, 5.74) is 2.22. The summed E-state index contributed by atoms with van der Waals surface area (Å²) in [6.07, 6.45) is 4.58. The zero-order valence-electron chi connectivity index (χ0n) is 11.7. The molecule has 0 radical (unpaired) electrons. The van der Waals surface area contributed by atoms with E-state index in [4.69, 9.17) is 0 Å². The fourth-order valence-electron chi connectivity index (χ4n) is 1.84. The summed E-state index contributed by atoms with van der Waals surface area (Å²) in [4.78, 5) is 13.6. The number of aryl methyl sites for hydroxylation is 1. The highest BCUT2D eigenvalue weighted by Gasteiger charge is 2.11. The highest BCUT2D eigenvalue weighted by atomic mass is 32.1. The molecule has 2 aromatic rings. The number of rotatable bonds is 6. The molecule has 0 bridgehead atoms. The lowest BCUT2D eigenvalue weighted by Crippen LogP contribution is -2.10. The van der Waals surface area contributed by atoms with Crippen LogP contribution in [0.25, 0.3) is 0 Å². The molecule has 1 N–H and O–H groups in total. The third kappa shape index (κ3) is 3.50. The second kappa shape index (κ2) is 6.61. The van der Waals surface area contributed by atoms with Crippen LogP contribution in [-0.4, -0.2) is 21.5 Å². The topological polar surface area (TPSA) is 50.7 Å². The van der Waals surface area contributed by atoms with Gasteiger partial charge in [-0.05, 0) is 13.3 Å². The van der Waals surface area contributed by atoms with Crippen LogP contribution in [0.2, 0.25) is 0 Å². The molecule has 0 aliphatic carbocycles. The van der Waals surface area contributed by atoms with Crippen molar-refractivity contribution < 1.29 is 0 Å². The molecular weight excluding hydrogens is 256 g/mol. The van der Waals surface area contributed by atoms with Crippen LogP contribution in [-0.2, 0) is 12.8 Å². The van der Waals surface area contributed by atoms with Gasteiger partial charge in [0.2, 0.25) is 0 Å². The first kappa shape index (κ1) is 13.9. The number of hydrogen-bond donors (Lipinski definition) is 1. The van der Waals surface area contributed by atoms with Crippen molar-refractivity contribution in [2.45, 2.75) is 40.0 Å². The molecule has 0 fully saturated rings. The molecule has 0 aliphatic heterocycles. The first-order chi connectivity index (χ1) is 9.24. The fourth-order valence-corrected chi connectivity index (χ4v) is 2.46. The molecule has 102 valence electrons. The molecule has 0 atom stereocenters. The average molecular weight is 276 g/mol. The lowest BCUT2D eigenvalue weighted by atomic mass is 10.1. The Morgan fingerprint density at radius 1 is 1.26 bits per heavy atom. The van der Waals surface area contributed by atoms with Crippen LogP contribution in [0.15, 0.2) is 11.6 Å². The summed E-state index contributed by atoms with van der Waals surface area (Å²) in [7, 11) is 0. The molecule has 0 aliphatic rings. The zero-order valence-corrected chi connectivity index (χ0v) is 12.5. The Balaban J connectivity index is 2.30. The second-order valence-corrected chi connectivity index (χ2v) is 5.42. The van der Waals surface area contributed by atoms with E-state index in [9.17, 15) is 0 Å². The van der Waals surface area contributed by atoms with Gasteiger partial charge in [0.15, 0.2) is 0 Å². The van der Waals surface area contributed by atoms with Gasteiger partial charge in [-0.2, -0.15) is 0 Å². The Labute approximate surface area is 118 Å². The lowest BCUT2D eigenvalue weighted by Gasteiger charge is -2.12. The first-order valence-corrected chi connectivity index (χ1v) is 7.61. The minimum Gasteiger partial charge on any atom is -0.370 e. The predicted octanol–water partition coefficient (Wildman–Crippen LogP) is 3.22. The van der Waals surface area contributed by atoms with E-state index in [1.807, 2.05) is 11.6 Å². The Kier molecular flexibility index (Phi) is 4.85. The van der Waals surface area contributed by atoms with Crippen LogP contribution < -0.4 is 5.32 Å². The molecule has 19 heavy (non-hydrogen) atoms. The Bertz CT molecular complexity index is 522. The fraction of sp³-hybridized carbons (Fsp3) is 0.500. The Hall–Kier alpha value is -1.49. The normalized spacial score (nSPS) is 10.7. The predicted molar refractivity (Wildman–Crippen MR) is 79.8 cm³/mol. The number of nitrogens with one attached hydrogen (secondary N) is 1. The lowest BCUT2D eigenvalue weighted by molar-refractivity contribution is 0.870. The van der Waals surface area contributed by atoms with Gasteiger partial charge in [0, 0.05) is 36.5 Å². The van der Waals surface area contributed by atoms with Crippen molar-refractivity contribution >= 4 is 17.2 Å². The summed E-state index contributed by atoms with van der Waals surface area (Å²) in [5.74, 6) is 1.87. The zero-order chi connectivity index (χ0) is 13.7. The van der Waals surface area contributed by atoms with Gasteiger partial charge < -0.3 is 5.32 Å².